The fraction of sp³-hybridized carbons (Fsp3) is 0.583. The summed E-state index contributed by atoms with van der Waals surface area (Å²) in [5.41, 5.74) is 1.29. The molecule has 4 atom stereocenters. The van der Waals surface area contributed by atoms with E-state index in [1.165, 1.54) is 5.56 Å². The third-order valence-corrected chi connectivity index (χ3v) is 6.29. The molecule has 0 spiro atoms. The highest BCUT2D eigenvalue weighted by Gasteiger charge is 2.49. The molecule has 1 fully saturated rings. The first-order valence-corrected chi connectivity index (χ1v) is 10.2. The summed E-state index contributed by atoms with van der Waals surface area (Å²) in [7, 11) is 0. The zero-order valence-corrected chi connectivity index (χ0v) is 17.3. The third-order valence-electron chi connectivity index (χ3n) is 6.29. The van der Waals surface area contributed by atoms with Crippen LogP contribution in [0.25, 0.3) is 0 Å². The summed E-state index contributed by atoms with van der Waals surface area (Å²) in [5, 5.41) is 14.8. The predicted molar refractivity (Wildman–Crippen MR) is 113 cm³/mol. The van der Waals surface area contributed by atoms with Crippen LogP contribution in [0.15, 0.2) is 49.1 Å². The van der Waals surface area contributed by atoms with Crippen LogP contribution in [0.3, 0.4) is 0 Å². The summed E-state index contributed by atoms with van der Waals surface area (Å²) in [6, 6.07) is 8.60. The smallest absolute Gasteiger partial charge is 0.0914 e. The van der Waals surface area contributed by atoms with E-state index in [9.17, 15) is 5.11 Å². The molecule has 0 amide bonds. The number of para-hydroxylation sites is 1. The van der Waals surface area contributed by atoms with Gasteiger partial charge in [0.1, 0.15) is 0 Å². The van der Waals surface area contributed by atoms with Crippen LogP contribution in [0.1, 0.15) is 58.9 Å². The summed E-state index contributed by atoms with van der Waals surface area (Å²) in [4.78, 5) is 0. The SMILES string of the molecule is C=CCc1ccccc1N[C@@H]1CC(C)(C)/C=C/C[C@@](C)(O)[C@@H]2CC[C@]1(C)O2. The van der Waals surface area contributed by atoms with Crippen molar-refractivity contribution in [2.75, 3.05) is 5.32 Å². The Morgan fingerprint density at radius 2 is 2.00 bits per heavy atom. The molecule has 148 valence electrons. The first-order valence-electron chi connectivity index (χ1n) is 10.2. The van der Waals surface area contributed by atoms with E-state index in [2.05, 4.69) is 69.1 Å². The second-order valence-corrected chi connectivity index (χ2v) is 9.46. The Morgan fingerprint density at radius 3 is 2.74 bits per heavy atom. The van der Waals surface area contributed by atoms with Crippen LogP contribution < -0.4 is 5.32 Å². The third kappa shape index (κ3) is 4.47. The second kappa shape index (κ2) is 7.44. The van der Waals surface area contributed by atoms with Crippen LogP contribution in [0.2, 0.25) is 0 Å². The summed E-state index contributed by atoms with van der Waals surface area (Å²) in [6.45, 7) is 12.5. The molecule has 0 radical (unpaired) electrons. The first-order chi connectivity index (χ1) is 12.7. The number of ether oxygens (including phenoxy) is 1. The Labute approximate surface area is 164 Å². The summed E-state index contributed by atoms with van der Waals surface area (Å²) in [6.07, 6.45) is 10.5. The monoisotopic (exact) mass is 369 g/mol. The number of anilines is 1. The molecule has 2 aliphatic heterocycles. The van der Waals surface area contributed by atoms with Crippen molar-refractivity contribution in [3.05, 3.63) is 54.6 Å². The summed E-state index contributed by atoms with van der Waals surface area (Å²) < 4.78 is 6.55. The van der Waals surface area contributed by atoms with Gasteiger partial charge in [0.25, 0.3) is 0 Å². The Kier molecular flexibility index (Phi) is 5.56. The Bertz CT molecular complexity index is 706. The Hall–Kier alpha value is -1.58. The van der Waals surface area contributed by atoms with Gasteiger partial charge in [0.15, 0.2) is 0 Å². The average Bonchev–Trinajstić information content (AvgIpc) is 2.99. The Morgan fingerprint density at radius 1 is 1.26 bits per heavy atom. The summed E-state index contributed by atoms with van der Waals surface area (Å²) in [5.74, 6) is 0. The van der Waals surface area contributed by atoms with Crippen molar-refractivity contribution in [3.8, 4) is 0 Å². The van der Waals surface area contributed by atoms with Gasteiger partial charge in [-0.05, 0) is 63.0 Å². The fourth-order valence-electron chi connectivity index (χ4n) is 4.50. The lowest BCUT2D eigenvalue weighted by atomic mass is 9.78. The molecule has 3 heteroatoms. The number of hydrogen-bond acceptors (Lipinski definition) is 3. The normalized spacial score (nSPS) is 36.8. The minimum atomic E-state index is -0.826. The number of benzene rings is 1. The number of fused-ring (bicyclic) bond motifs is 2. The number of rotatable bonds is 4. The zero-order chi connectivity index (χ0) is 19.7. The molecule has 2 N–H and O–H groups in total. The molecule has 3 nitrogen and oxygen atoms in total. The molecular formula is C24H35NO2. The van der Waals surface area contributed by atoms with E-state index < -0.39 is 5.60 Å². The highest BCUT2D eigenvalue weighted by atomic mass is 16.5. The van der Waals surface area contributed by atoms with Crippen molar-refractivity contribution in [2.45, 2.75) is 83.1 Å². The second-order valence-electron chi connectivity index (χ2n) is 9.46. The van der Waals surface area contributed by atoms with Gasteiger partial charge in [-0.15, -0.1) is 6.58 Å². The number of aliphatic hydroxyl groups is 1. The van der Waals surface area contributed by atoms with Crippen molar-refractivity contribution in [1.29, 1.82) is 0 Å². The molecule has 1 aromatic carbocycles. The van der Waals surface area contributed by atoms with Crippen LogP contribution in [0.4, 0.5) is 5.69 Å². The van der Waals surface area contributed by atoms with Crippen molar-refractivity contribution < 1.29 is 9.84 Å². The van der Waals surface area contributed by atoms with Gasteiger partial charge < -0.3 is 15.2 Å². The van der Waals surface area contributed by atoms with E-state index >= 15 is 0 Å². The van der Waals surface area contributed by atoms with Gasteiger partial charge in [0.2, 0.25) is 0 Å². The largest absolute Gasteiger partial charge is 0.387 e. The standard InChI is InChI=1S/C24H35NO2/c1-6-10-18-11-7-8-12-19(18)25-20-17-22(2,3)14-9-15-23(4,26)21-13-16-24(20,5)27-21/h6-9,11-12,14,20-21,25-26H,1,10,13,15-17H2,2-5H3/b14-9+/t20-,21+,23-,24+/m1/s1. The van der Waals surface area contributed by atoms with Crippen molar-refractivity contribution >= 4 is 5.69 Å². The average molecular weight is 370 g/mol. The van der Waals surface area contributed by atoms with E-state index in [4.69, 9.17) is 4.74 Å². The van der Waals surface area contributed by atoms with E-state index in [0.29, 0.717) is 6.42 Å². The highest BCUT2D eigenvalue weighted by molar-refractivity contribution is 5.53. The molecule has 2 aliphatic rings. The lowest BCUT2D eigenvalue weighted by Crippen LogP contribution is -2.49. The molecule has 1 aromatic rings. The topological polar surface area (TPSA) is 41.5 Å². The maximum atomic E-state index is 10.9. The van der Waals surface area contributed by atoms with Crippen molar-refractivity contribution in [2.24, 2.45) is 5.41 Å². The molecule has 27 heavy (non-hydrogen) atoms. The van der Waals surface area contributed by atoms with Crippen molar-refractivity contribution in [3.63, 3.8) is 0 Å². The van der Waals surface area contributed by atoms with Crippen LogP contribution in [-0.4, -0.2) is 28.5 Å². The van der Waals surface area contributed by atoms with Gasteiger partial charge in [0, 0.05) is 5.69 Å². The lowest BCUT2D eigenvalue weighted by molar-refractivity contribution is -0.130. The highest BCUT2D eigenvalue weighted by Crippen LogP contribution is 2.44. The number of allylic oxidation sites excluding steroid dienone is 2. The van der Waals surface area contributed by atoms with Gasteiger partial charge in [-0.2, -0.15) is 0 Å². The fourth-order valence-corrected chi connectivity index (χ4v) is 4.50. The van der Waals surface area contributed by atoms with Crippen molar-refractivity contribution in [1.82, 2.24) is 0 Å². The molecule has 0 unspecified atom stereocenters. The molecule has 0 aliphatic carbocycles. The molecule has 2 bridgehead atoms. The predicted octanol–water partition coefficient (Wildman–Crippen LogP) is 5.26. The van der Waals surface area contributed by atoms with E-state index in [1.54, 1.807) is 0 Å². The van der Waals surface area contributed by atoms with E-state index in [-0.39, 0.29) is 23.2 Å². The molecule has 3 rings (SSSR count). The Balaban J connectivity index is 1.95. The van der Waals surface area contributed by atoms with Gasteiger partial charge in [-0.25, -0.2) is 0 Å². The quantitative estimate of drug-likeness (QED) is 0.711. The molecule has 2 heterocycles. The molecule has 0 aromatic heterocycles. The van der Waals surface area contributed by atoms with E-state index in [1.807, 2.05) is 13.0 Å². The molecular weight excluding hydrogens is 334 g/mol. The maximum absolute atomic E-state index is 10.9. The maximum Gasteiger partial charge on any atom is 0.0914 e. The molecule has 0 saturated carbocycles. The van der Waals surface area contributed by atoms with E-state index in [0.717, 1.165) is 31.4 Å². The van der Waals surface area contributed by atoms with Gasteiger partial charge in [-0.1, -0.05) is 50.3 Å². The number of hydrogen-bond donors (Lipinski definition) is 2. The van der Waals surface area contributed by atoms with Crippen LogP contribution in [-0.2, 0) is 11.2 Å². The minimum absolute atomic E-state index is 0.0168. The zero-order valence-electron chi connectivity index (χ0n) is 17.3. The lowest BCUT2D eigenvalue weighted by Gasteiger charge is -2.42. The van der Waals surface area contributed by atoms with Crippen LogP contribution in [0.5, 0.6) is 0 Å². The first kappa shape index (κ1) is 20.2. The van der Waals surface area contributed by atoms with Gasteiger partial charge in [0.05, 0.1) is 23.3 Å². The van der Waals surface area contributed by atoms with Crippen LogP contribution >= 0.6 is 0 Å². The summed E-state index contributed by atoms with van der Waals surface area (Å²) >= 11 is 0. The van der Waals surface area contributed by atoms with Gasteiger partial charge >= 0.3 is 0 Å². The number of nitrogens with one attached hydrogen (secondary N) is 1. The molecule has 1 saturated heterocycles. The van der Waals surface area contributed by atoms with Crippen LogP contribution in [0, 0.1) is 5.41 Å². The minimum Gasteiger partial charge on any atom is -0.387 e. The van der Waals surface area contributed by atoms with Gasteiger partial charge in [-0.3, -0.25) is 0 Å².